The number of hydrogen-bond donors (Lipinski definition) is 4. The highest BCUT2D eigenvalue weighted by Crippen LogP contribution is 2.43. The lowest BCUT2D eigenvalue weighted by Gasteiger charge is -2.45. The Bertz CT molecular complexity index is 1030. The third-order valence-electron chi connectivity index (χ3n) is 6.17. The van der Waals surface area contributed by atoms with Crippen molar-refractivity contribution in [2.24, 2.45) is 4.99 Å². The normalized spacial score (nSPS) is 25.8. The van der Waals surface area contributed by atoms with Crippen molar-refractivity contribution in [3.05, 3.63) is 62.5 Å². The fourth-order valence-corrected chi connectivity index (χ4v) is 6.49. The molecule has 4 unspecified atom stereocenters. The van der Waals surface area contributed by atoms with E-state index in [-0.39, 0.29) is 17.8 Å². The molecule has 3 heterocycles. The predicted molar refractivity (Wildman–Crippen MR) is 140 cm³/mol. The lowest BCUT2D eigenvalue weighted by Crippen LogP contribution is -2.68. The maximum absolute atomic E-state index is 6.22. The van der Waals surface area contributed by atoms with Crippen molar-refractivity contribution >= 4 is 45.4 Å². The number of rotatable bonds is 6. The average Bonchev–Trinajstić information content (AvgIpc) is 3.35. The quantitative estimate of drug-likeness (QED) is 0.487. The molecule has 4 rings (SSSR count). The topological polar surface area (TPSA) is 63.7 Å². The van der Waals surface area contributed by atoms with Crippen molar-refractivity contribution in [2.75, 3.05) is 19.0 Å². The average molecular weight is 491 g/mol. The molecule has 9 heteroatoms. The van der Waals surface area contributed by atoms with Crippen molar-refractivity contribution in [1.82, 2.24) is 21.3 Å². The van der Waals surface area contributed by atoms with Gasteiger partial charge in [0.2, 0.25) is 0 Å². The number of nitrogens with zero attached hydrogens (tertiary/aromatic N) is 2. The third kappa shape index (κ3) is 4.20. The van der Waals surface area contributed by atoms with E-state index in [2.05, 4.69) is 71.4 Å². The second-order valence-electron chi connectivity index (χ2n) is 8.27. The molecule has 0 radical (unpaired) electrons. The van der Waals surface area contributed by atoms with Gasteiger partial charge in [-0.3, -0.25) is 15.6 Å². The minimum Gasteiger partial charge on any atom is -0.367 e. The van der Waals surface area contributed by atoms with Gasteiger partial charge in [0.1, 0.15) is 22.3 Å². The number of hydrogen-bond acceptors (Lipinski definition) is 8. The smallest absolute Gasteiger partial charge is 0.144 e. The first kappa shape index (κ1) is 23.6. The van der Waals surface area contributed by atoms with Gasteiger partial charge < -0.3 is 15.5 Å². The molecule has 0 bridgehead atoms. The van der Waals surface area contributed by atoms with E-state index in [0.29, 0.717) is 0 Å². The van der Waals surface area contributed by atoms with E-state index in [1.54, 1.807) is 11.8 Å². The van der Waals surface area contributed by atoms with Gasteiger partial charge in [0, 0.05) is 27.2 Å². The van der Waals surface area contributed by atoms with Gasteiger partial charge in [-0.15, -0.1) is 11.3 Å². The Hall–Kier alpha value is -1.55. The van der Waals surface area contributed by atoms with Crippen molar-refractivity contribution in [2.45, 2.75) is 51.2 Å². The highest BCUT2D eigenvalue weighted by atomic mass is 35.5. The summed E-state index contributed by atoms with van der Waals surface area (Å²) in [5, 5.41) is 18.2. The van der Waals surface area contributed by atoms with E-state index in [1.165, 1.54) is 21.0 Å². The lowest BCUT2D eigenvalue weighted by molar-refractivity contribution is 0.243. The van der Waals surface area contributed by atoms with E-state index < -0.39 is 5.66 Å². The van der Waals surface area contributed by atoms with Crippen LogP contribution in [-0.2, 0) is 0 Å². The molecule has 172 valence electrons. The summed E-state index contributed by atoms with van der Waals surface area (Å²) in [5.41, 5.74) is 3.90. The fourth-order valence-electron chi connectivity index (χ4n) is 4.32. The summed E-state index contributed by atoms with van der Waals surface area (Å²) in [6, 6.07) is 8.00. The highest BCUT2D eigenvalue weighted by Gasteiger charge is 2.45. The number of aryl methyl sites for hydroxylation is 1. The van der Waals surface area contributed by atoms with Gasteiger partial charge in [0.25, 0.3) is 0 Å². The van der Waals surface area contributed by atoms with Gasteiger partial charge in [0.15, 0.2) is 0 Å². The zero-order valence-corrected chi connectivity index (χ0v) is 21.7. The summed E-state index contributed by atoms with van der Waals surface area (Å²) >= 11 is 9.76. The molecule has 0 fully saturated rings. The molecule has 32 heavy (non-hydrogen) atoms. The maximum Gasteiger partial charge on any atom is 0.144 e. The van der Waals surface area contributed by atoms with Gasteiger partial charge in [-0.05, 0) is 64.9 Å². The van der Waals surface area contributed by atoms with Gasteiger partial charge >= 0.3 is 0 Å². The van der Waals surface area contributed by atoms with E-state index in [9.17, 15) is 0 Å². The number of likely N-dealkylation sites (N-methyl/N-ethyl adjacent to an activating group) is 1. The van der Waals surface area contributed by atoms with E-state index in [4.69, 9.17) is 16.6 Å². The summed E-state index contributed by atoms with van der Waals surface area (Å²) in [6.45, 7) is 8.74. The van der Waals surface area contributed by atoms with Crippen LogP contribution in [0.3, 0.4) is 0 Å². The first-order chi connectivity index (χ1) is 15.3. The van der Waals surface area contributed by atoms with Crippen LogP contribution in [0.15, 0.2) is 40.9 Å². The minimum atomic E-state index is -0.634. The summed E-state index contributed by atoms with van der Waals surface area (Å²) in [5.74, 6) is 0. The van der Waals surface area contributed by atoms with Gasteiger partial charge in [-0.1, -0.05) is 35.5 Å². The Morgan fingerprint density at radius 1 is 1.22 bits per heavy atom. The van der Waals surface area contributed by atoms with Crippen LogP contribution < -0.4 is 26.2 Å². The number of aliphatic imine (C=N–C) groups is 1. The number of anilines is 1. The highest BCUT2D eigenvalue weighted by molar-refractivity contribution is 8.02. The Morgan fingerprint density at radius 2 is 1.94 bits per heavy atom. The molecule has 2 aliphatic rings. The molecule has 0 amide bonds. The van der Waals surface area contributed by atoms with Crippen molar-refractivity contribution in [3.63, 3.8) is 0 Å². The number of fused-ring (bicyclic) bond motifs is 1. The monoisotopic (exact) mass is 490 g/mol. The molecule has 2 aromatic rings. The van der Waals surface area contributed by atoms with Gasteiger partial charge in [-0.25, -0.2) is 0 Å². The number of nitrogens with one attached hydrogen (secondary N) is 4. The Labute approximate surface area is 203 Å². The molecule has 2 aliphatic heterocycles. The van der Waals surface area contributed by atoms with Crippen LogP contribution in [0, 0.1) is 13.8 Å². The molecule has 1 aromatic carbocycles. The van der Waals surface area contributed by atoms with Crippen molar-refractivity contribution < 1.29 is 0 Å². The zero-order chi connectivity index (χ0) is 23.0. The molecule has 0 saturated carbocycles. The standard InChI is InChI=1S/C23H31ClN6S2/c1-13-14(2)32-20-18(13)19(16-7-9-17(24)10-8-16)28-23(4,29-22-27-11-12-31-22)21(26-6)30(20)15(3)25-5/h7-12,15,21-22,25-27,29H,1-6H3. The fraction of sp³-hybridized carbons (Fsp3) is 0.435. The van der Waals surface area contributed by atoms with Crippen LogP contribution in [0.5, 0.6) is 0 Å². The predicted octanol–water partition coefficient (Wildman–Crippen LogP) is 4.18. The number of thiophene rings is 1. The van der Waals surface area contributed by atoms with Crippen LogP contribution in [-0.4, -0.2) is 43.3 Å². The molecule has 0 saturated heterocycles. The molecule has 1 aromatic heterocycles. The number of halogens is 1. The first-order valence-electron chi connectivity index (χ1n) is 10.7. The second kappa shape index (κ2) is 9.37. The summed E-state index contributed by atoms with van der Waals surface area (Å²) in [7, 11) is 4.00. The van der Waals surface area contributed by atoms with Crippen molar-refractivity contribution in [1.29, 1.82) is 0 Å². The summed E-state index contributed by atoms with van der Waals surface area (Å²) in [4.78, 5) is 9.18. The lowest BCUT2D eigenvalue weighted by atomic mass is 9.99. The second-order valence-corrected chi connectivity index (χ2v) is 10.9. The van der Waals surface area contributed by atoms with E-state index in [0.717, 1.165) is 16.3 Å². The minimum absolute atomic E-state index is 0.0387. The van der Waals surface area contributed by atoms with Crippen LogP contribution in [0.2, 0.25) is 5.02 Å². The van der Waals surface area contributed by atoms with Gasteiger partial charge in [-0.2, -0.15) is 0 Å². The summed E-state index contributed by atoms with van der Waals surface area (Å²) in [6.07, 6.45) is 1.96. The Kier molecular flexibility index (Phi) is 6.91. The van der Waals surface area contributed by atoms with E-state index in [1.807, 2.05) is 43.8 Å². The largest absolute Gasteiger partial charge is 0.367 e. The molecular formula is C23H31ClN6S2. The Morgan fingerprint density at radius 3 is 2.53 bits per heavy atom. The van der Waals surface area contributed by atoms with Crippen LogP contribution >= 0.6 is 34.7 Å². The van der Waals surface area contributed by atoms with Crippen LogP contribution in [0.4, 0.5) is 5.00 Å². The van der Waals surface area contributed by atoms with Crippen LogP contribution in [0.1, 0.15) is 35.4 Å². The van der Waals surface area contributed by atoms with Crippen molar-refractivity contribution in [3.8, 4) is 0 Å². The molecule has 0 spiro atoms. The molecular weight excluding hydrogens is 460 g/mol. The third-order valence-corrected chi connectivity index (χ3v) is 8.46. The molecule has 0 aliphatic carbocycles. The first-order valence-corrected chi connectivity index (χ1v) is 12.9. The molecule has 4 N–H and O–H groups in total. The van der Waals surface area contributed by atoms with E-state index >= 15 is 0 Å². The summed E-state index contributed by atoms with van der Waals surface area (Å²) < 4.78 is 0. The number of benzene rings is 1. The number of thioether (sulfide) groups is 1. The molecule has 6 nitrogen and oxygen atoms in total. The maximum atomic E-state index is 6.22. The Balaban J connectivity index is 1.97. The zero-order valence-electron chi connectivity index (χ0n) is 19.3. The molecule has 4 atom stereocenters. The SMILES string of the molecule is CNC(C)N1c2sc(C)c(C)c2C(c2ccc(Cl)cc2)=NC(C)(NC2NC=CS2)C1NC. The van der Waals surface area contributed by atoms with Crippen LogP contribution in [0.25, 0.3) is 0 Å². The van der Waals surface area contributed by atoms with Gasteiger partial charge in [0.05, 0.1) is 11.9 Å².